The number of nitrogens with zero attached hydrogens (tertiary/aromatic N) is 4. The van der Waals surface area contributed by atoms with Crippen molar-refractivity contribution in [1.82, 2.24) is 19.5 Å². The monoisotopic (exact) mass is 403 g/mol. The van der Waals surface area contributed by atoms with Crippen LogP contribution >= 0.6 is 15.9 Å². The maximum atomic E-state index is 12.1. The predicted molar refractivity (Wildman–Crippen MR) is 99.1 cm³/mol. The molecule has 0 atom stereocenters. The molecule has 1 fully saturated rings. The normalized spacial score (nSPS) is 15.0. The first kappa shape index (κ1) is 16.3. The minimum absolute atomic E-state index is 0.147. The van der Waals surface area contributed by atoms with Crippen LogP contribution in [0.3, 0.4) is 0 Å². The molecule has 2 aromatic heterocycles. The fourth-order valence-corrected chi connectivity index (χ4v) is 3.73. The summed E-state index contributed by atoms with van der Waals surface area (Å²) in [7, 11) is 1.97. The van der Waals surface area contributed by atoms with Gasteiger partial charge in [-0.2, -0.15) is 0 Å². The maximum absolute atomic E-state index is 12.1. The van der Waals surface area contributed by atoms with Crippen molar-refractivity contribution in [3.8, 4) is 0 Å². The topological polar surface area (TPSA) is 76.0 Å². The standard InChI is InChI=1S/C17H18BrN5O2/c1-22-14(19-12-4-2-3-11(18)17(12)22)9-13-20-15(10-16(24)21-13)23-5-7-25-8-6-23/h2-4,10H,5-9H2,1H3,(H,20,21,24). The first-order valence-corrected chi connectivity index (χ1v) is 8.94. The van der Waals surface area contributed by atoms with Crippen LogP contribution in [-0.4, -0.2) is 45.8 Å². The molecule has 0 saturated carbocycles. The van der Waals surface area contributed by atoms with Crippen LogP contribution in [-0.2, 0) is 18.2 Å². The van der Waals surface area contributed by atoms with E-state index >= 15 is 0 Å². The number of halogens is 1. The van der Waals surface area contributed by atoms with Crippen LogP contribution in [0.2, 0.25) is 0 Å². The molecule has 0 amide bonds. The Morgan fingerprint density at radius 1 is 1.28 bits per heavy atom. The highest BCUT2D eigenvalue weighted by Crippen LogP contribution is 2.24. The van der Waals surface area contributed by atoms with Crippen molar-refractivity contribution >= 4 is 32.8 Å². The van der Waals surface area contributed by atoms with Crippen molar-refractivity contribution in [3.05, 3.63) is 50.7 Å². The summed E-state index contributed by atoms with van der Waals surface area (Å²) in [5, 5.41) is 0. The number of morpholine rings is 1. The zero-order valence-electron chi connectivity index (χ0n) is 13.8. The maximum Gasteiger partial charge on any atom is 0.252 e. The third-order valence-corrected chi connectivity index (χ3v) is 5.02. The lowest BCUT2D eigenvalue weighted by Gasteiger charge is -2.27. The molecule has 1 saturated heterocycles. The van der Waals surface area contributed by atoms with Gasteiger partial charge in [0.2, 0.25) is 0 Å². The van der Waals surface area contributed by atoms with Gasteiger partial charge in [0.05, 0.1) is 30.7 Å². The number of H-pyrrole nitrogens is 1. The van der Waals surface area contributed by atoms with Gasteiger partial charge in [0.15, 0.2) is 0 Å². The predicted octanol–water partition coefficient (Wildman–Crippen LogP) is 1.85. The summed E-state index contributed by atoms with van der Waals surface area (Å²) in [6, 6.07) is 7.47. The Hall–Kier alpha value is -2.19. The Bertz CT molecular complexity index is 975. The first-order valence-electron chi connectivity index (χ1n) is 8.14. The number of fused-ring (bicyclic) bond motifs is 1. The van der Waals surface area contributed by atoms with Crippen LogP contribution in [0.5, 0.6) is 0 Å². The number of para-hydroxylation sites is 1. The summed E-state index contributed by atoms with van der Waals surface area (Å²) in [5.74, 6) is 2.16. The molecular formula is C17H18BrN5O2. The number of aromatic nitrogens is 4. The van der Waals surface area contributed by atoms with E-state index < -0.39 is 0 Å². The number of rotatable bonds is 3. The van der Waals surface area contributed by atoms with Crippen molar-refractivity contribution in [3.63, 3.8) is 0 Å². The second-order valence-corrected chi connectivity index (χ2v) is 6.88. The highest BCUT2D eigenvalue weighted by Gasteiger charge is 2.16. The van der Waals surface area contributed by atoms with Gasteiger partial charge < -0.3 is 19.2 Å². The van der Waals surface area contributed by atoms with Crippen molar-refractivity contribution in [2.75, 3.05) is 31.2 Å². The van der Waals surface area contributed by atoms with E-state index in [1.54, 1.807) is 6.07 Å². The molecule has 7 nitrogen and oxygen atoms in total. The molecule has 3 heterocycles. The molecule has 0 spiro atoms. The number of anilines is 1. The summed E-state index contributed by atoms with van der Waals surface area (Å²) in [6.45, 7) is 2.80. The average molecular weight is 404 g/mol. The lowest BCUT2D eigenvalue weighted by molar-refractivity contribution is 0.122. The van der Waals surface area contributed by atoms with Crippen LogP contribution in [0.1, 0.15) is 11.6 Å². The van der Waals surface area contributed by atoms with E-state index in [1.807, 2.05) is 29.8 Å². The van der Waals surface area contributed by atoms with Crippen molar-refractivity contribution in [1.29, 1.82) is 0 Å². The average Bonchev–Trinajstić information content (AvgIpc) is 2.92. The number of aryl methyl sites for hydroxylation is 1. The van der Waals surface area contributed by atoms with Crippen LogP contribution in [0.15, 0.2) is 33.5 Å². The molecule has 0 aliphatic carbocycles. The van der Waals surface area contributed by atoms with E-state index in [1.165, 1.54) is 0 Å². The zero-order chi connectivity index (χ0) is 17.4. The second-order valence-electron chi connectivity index (χ2n) is 6.02. The SMILES string of the molecule is Cn1c(Cc2nc(N3CCOCC3)cc(=O)[nH]2)nc2cccc(Br)c21. The largest absolute Gasteiger partial charge is 0.378 e. The molecular weight excluding hydrogens is 386 g/mol. The molecule has 4 rings (SSSR count). The first-order chi connectivity index (χ1) is 12.1. The van der Waals surface area contributed by atoms with Crippen molar-refractivity contribution in [2.24, 2.45) is 7.05 Å². The Morgan fingerprint density at radius 2 is 2.08 bits per heavy atom. The third-order valence-electron chi connectivity index (χ3n) is 4.38. The minimum atomic E-state index is -0.147. The van der Waals surface area contributed by atoms with Crippen LogP contribution in [0.4, 0.5) is 5.82 Å². The lowest BCUT2D eigenvalue weighted by atomic mass is 10.3. The van der Waals surface area contributed by atoms with Gasteiger partial charge >= 0.3 is 0 Å². The Balaban J connectivity index is 1.69. The van der Waals surface area contributed by atoms with Gasteiger partial charge in [-0.05, 0) is 28.1 Å². The van der Waals surface area contributed by atoms with Crippen molar-refractivity contribution in [2.45, 2.75) is 6.42 Å². The molecule has 0 radical (unpaired) electrons. The van der Waals surface area contributed by atoms with Crippen LogP contribution in [0, 0.1) is 0 Å². The van der Waals surface area contributed by atoms with Gasteiger partial charge in [0.25, 0.3) is 5.56 Å². The number of aromatic amines is 1. The molecule has 1 aliphatic rings. The van der Waals surface area contributed by atoms with E-state index in [9.17, 15) is 4.79 Å². The molecule has 25 heavy (non-hydrogen) atoms. The highest BCUT2D eigenvalue weighted by molar-refractivity contribution is 9.10. The number of nitrogens with one attached hydrogen (secondary N) is 1. The van der Waals surface area contributed by atoms with Gasteiger partial charge in [-0.1, -0.05) is 6.07 Å². The van der Waals surface area contributed by atoms with E-state index in [4.69, 9.17) is 4.74 Å². The van der Waals surface area contributed by atoms with E-state index in [0.717, 1.165) is 34.4 Å². The Kier molecular flexibility index (Phi) is 4.30. The van der Waals surface area contributed by atoms with Crippen LogP contribution in [0.25, 0.3) is 11.0 Å². The molecule has 8 heteroatoms. The Labute approximate surface area is 152 Å². The summed E-state index contributed by atoms with van der Waals surface area (Å²) in [4.78, 5) is 26.3. The lowest BCUT2D eigenvalue weighted by Crippen LogP contribution is -2.37. The number of hydrogen-bond acceptors (Lipinski definition) is 5. The summed E-state index contributed by atoms with van der Waals surface area (Å²) < 4.78 is 8.39. The molecule has 0 bridgehead atoms. The summed E-state index contributed by atoms with van der Waals surface area (Å²) >= 11 is 3.57. The third kappa shape index (κ3) is 3.19. The van der Waals surface area contributed by atoms with Gasteiger partial charge in [-0.15, -0.1) is 0 Å². The number of imidazole rings is 1. The van der Waals surface area contributed by atoms with Gasteiger partial charge in [-0.3, -0.25) is 4.79 Å². The Morgan fingerprint density at radius 3 is 2.84 bits per heavy atom. The zero-order valence-corrected chi connectivity index (χ0v) is 15.4. The molecule has 0 unspecified atom stereocenters. The van der Waals surface area contributed by atoms with Gasteiger partial charge in [0.1, 0.15) is 17.5 Å². The second kappa shape index (κ2) is 6.61. The molecule has 1 aliphatic heterocycles. The quantitative estimate of drug-likeness (QED) is 0.721. The molecule has 1 aromatic carbocycles. The fourth-order valence-electron chi connectivity index (χ4n) is 3.11. The minimum Gasteiger partial charge on any atom is -0.378 e. The van der Waals surface area contributed by atoms with E-state index in [2.05, 4.69) is 35.8 Å². The van der Waals surface area contributed by atoms with Crippen molar-refractivity contribution < 1.29 is 4.74 Å². The molecule has 1 N–H and O–H groups in total. The van der Waals surface area contributed by atoms with E-state index in [-0.39, 0.29) is 5.56 Å². The van der Waals surface area contributed by atoms with Crippen LogP contribution < -0.4 is 10.5 Å². The number of hydrogen-bond donors (Lipinski definition) is 1. The summed E-state index contributed by atoms with van der Waals surface area (Å²) in [5.41, 5.74) is 1.80. The smallest absolute Gasteiger partial charge is 0.252 e. The fraction of sp³-hybridized carbons (Fsp3) is 0.353. The highest BCUT2D eigenvalue weighted by atomic mass is 79.9. The van der Waals surface area contributed by atoms with Gasteiger partial charge in [0, 0.05) is 30.7 Å². The summed E-state index contributed by atoms with van der Waals surface area (Å²) in [6.07, 6.45) is 0.463. The van der Waals surface area contributed by atoms with Gasteiger partial charge in [-0.25, -0.2) is 9.97 Å². The molecule has 3 aromatic rings. The van der Waals surface area contributed by atoms with E-state index in [0.29, 0.717) is 31.3 Å². The number of benzene rings is 1. The number of ether oxygens (including phenoxy) is 1. The molecule has 130 valence electrons.